The van der Waals surface area contributed by atoms with Gasteiger partial charge in [-0.05, 0) is 45.4 Å². The van der Waals surface area contributed by atoms with E-state index >= 15 is 0 Å². The van der Waals surface area contributed by atoms with E-state index in [1.165, 1.54) is 0 Å². The number of carbonyl (C=O) groups is 1. The fourth-order valence-corrected chi connectivity index (χ4v) is 1.58. The first kappa shape index (κ1) is 12.9. The molecule has 0 spiro atoms. The zero-order valence-corrected chi connectivity index (χ0v) is 12.2. The first-order chi connectivity index (χ1) is 5.61. The van der Waals surface area contributed by atoms with Crippen LogP contribution in [0, 0.1) is 0 Å². The van der Waals surface area contributed by atoms with Gasteiger partial charge in [0.2, 0.25) is 0 Å². The minimum Gasteiger partial charge on any atom is -0.434 e. The van der Waals surface area contributed by atoms with E-state index in [1.54, 1.807) is 6.92 Å². The lowest BCUT2D eigenvalue weighted by molar-refractivity contribution is 0.0875. The van der Waals surface area contributed by atoms with Gasteiger partial charge in [0.1, 0.15) is 0 Å². The SMILES string of the molecule is CCOC(=O)O/C(Br)=C(/I)CI. The molecule has 3 nitrogen and oxygen atoms in total. The molecule has 0 radical (unpaired) electrons. The molecule has 6 heteroatoms. The minimum absolute atomic E-state index is 0.319. The first-order valence-corrected chi connectivity index (χ1v) is 6.46. The fraction of sp³-hybridized carbons (Fsp3) is 0.500. The average Bonchev–Trinajstić information content (AvgIpc) is 2.03. The van der Waals surface area contributed by atoms with Gasteiger partial charge in [-0.1, -0.05) is 22.6 Å². The van der Waals surface area contributed by atoms with E-state index in [1.807, 2.05) is 0 Å². The van der Waals surface area contributed by atoms with Crippen LogP contribution in [0.4, 0.5) is 4.79 Å². The molecule has 0 fully saturated rings. The molecular formula is C6H7BrI2O3. The molecule has 0 saturated carbocycles. The van der Waals surface area contributed by atoms with Crippen molar-refractivity contribution in [3.05, 3.63) is 8.25 Å². The summed E-state index contributed by atoms with van der Waals surface area (Å²) in [5.74, 6) is 0. The lowest BCUT2D eigenvalue weighted by atomic mass is 10.7. The van der Waals surface area contributed by atoms with Gasteiger partial charge in [-0.15, -0.1) is 0 Å². The van der Waals surface area contributed by atoms with Gasteiger partial charge in [0, 0.05) is 4.43 Å². The van der Waals surface area contributed by atoms with Crippen LogP contribution in [0.15, 0.2) is 8.25 Å². The van der Waals surface area contributed by atoms with E-state index in [9.17, 15) is 4.79 Å². The highest BCUT2D eigenvalue weighted by Crippen LogP contribution is 2.21. The molecule has 0 atom stereocenters. The molecule has 0 amide bonds. The van der Waals surface area contributed by atoms with Crippen molar-refractivity contribution in [3.63, 3.8) is 0 Å². The maximum atomic E-state index is 10.8. The quantitative estimate of drug-likeness (QED) is 0.279. The van der Waals surface area contributed by atoms with E-state index in [0.717, 1.165) is 8.01 Å². The van der Waals surface area contributed by atoms with Crippen molar-refractivity contribution in [1.82, 2.24) is 0 Å². The van der Waals surface area contributed by atoms with Crippen molar-refractivity contribution < 1.29 is 14.3 Å². The Hall–Kier alpha value is 0.950. The molecule has 0 saturated heterocycles. The minimum atomic E-state index is -0.677. The highest BCUT2D eigenvalue weighted by molar-refractivity contribution is 14.1. The van der Waals surface area contributed by atoms with Gasteiger partial charge in [-0.25, -0.2) is 4.79 Å². The smallest absolute Gasteiger partial charge is 0.434 e. The largest absolute Gasteiger partial charge is 0.514 e. The monoisotopic (exact) mass is 460 g/mol. The summed E-state index contributed by atoms with van der Waals surface area (Å²) in [6.07, 6.45) is -0.677. The molecule has 0 bridgehead atoms. The molecule has 0 aromatic carbocycles. The normalized spacial score (nSPS) is 12.0. The number of hydrogen-bond donors (Lipinski definition) is 0. The van der Waals surface area contributed by atoms with Gasteiger partial charge in [-0.2, -0.15) is 0 Å². The predicted octanol–water partition coefficient (Wildman–Crippen LogP) is 3.59. The number of carbonyl (C=O) groups excluding carboxylic acids is 1. The summed E-state index contributed by atoms with van der Waals surface area (Å²) < 4.78 is 11.5. The van der Waals surface area contributed by atoms with Crippen LogP contribution in [0.1, 0.15) is 6.92 Å². The number of halogens is 3. The van der Waals surface area contributed by atoms with Crippen LogP contribution in [0.3, 0.4) is 0 Å². The molecule has 12 heavy (non-hydrogen) atoms. The van der Waals surface area contributed by atoms with Crippen LogP contribution in [0.5, 0.6) is 0 Å². The Morgan fingerprint density at radius 3 is 2.58 bits per heavy atom. The van der Waals surface area contributed by atoms with Crippen LogP contribution < -0.4 is 0 Å². The lowest BCUT2D eigenvalue weighted by Crippen LogP contribution is -2.05. The van der Waals surface area contributed by atoms with Gasteiger partial charge in [0.25, 0.3) is 0 Å². The molecule has 0 rings (SSSR count). The summed E-state index contributed by atoms with van der Waals surface area (Å²) in [5.41, 5.74) is 0. The Labute approximate surface area is 107 Å². The Morgan fingerprint density at radius 2 is 2.17 bits per heavy atom. The molecule has 0 aliphatic heterocycles. The Morgan fingerprint density at radius 1 is 1.58 bits per heavy atom. The average molecular weight is 461 g/mol. The van der Waals surface area contributed by atoms with Gasteiger partial charge in [-0.3, -0.25) is 0 Å². The second kappa shape index (κ2) is 7.36. The van der Waals surface area contributed by atoms with Gasteiger partial charge in [0.05, 0.1) is 10.2 Å². The Kier molecular flexibility index (Phi) is 7.95. The fourth-order valence-electron chi connectivity index (χ4n) is 0.328. The third-order valence-electron chi connectivity index (χ3n) is 0.766. The third kappa shape index (κ3) is 5.57. The number of ether oxygens (including phenoxy) is 2. The van der Waals surface area contributed by atoms with Crippen molar-refractivity contribution >= 4 is 67.3 Å². The van der Waals surface area contributed by atoms with E-state index in [2.05, 4.69) is 65.8 Å². The lowest BCUT2D eigenvalue weighted by Gasteiger charge is -2.03. The molecule has 0 aromatic heterocycles. The Balaban J connectivity index is 3.99. The Bertz CT molecular complexity index is 193. The van der Waals surface area contributed by atoms with Crippen LogP contribution in [-0.4, -0.2) is 17.2 Å². The van der Waals surface area contributed by atoms with Crippen molar-refractivity contribution in [3.8, 4) is 0 Å². The summed E-state index contributed by atoms with van der Waals surface area (Å²) in [5, 5.41) is 0. The molecule has 0 aromatic rings. The van der Waals surface area contributed by atoms with Crippen LogP contribution in [-0.2, 0) is 9.47 Å². The number of allylic oxidation sites excluding steroid dienone is 1. The maximum Gasteiger partial charge on any atom is 0.514 e. The molecule has 0 aliphatic rings. The van der Waals surface area contributed by atoms with E-state index < -0.39 is 6.16 Å². The summed E-state index contributed by atoms with van der Waals surface area (Å²) in [6, 6.07) is 0. The van der Waals surface area contributed by atoms with E-state index in [-0.39, 0.29) is 0 Å². The van der Waals surface area contributed by atoms with Crippen molar-refractivity contribution in [2.75, 3.05) is 11.0 Å². The summed E-state index contributed by atoms with van der Waals surface area (Å²) >= 11 is 7.37. The van der Waals surface area contributed by atoms with Crippen molar-refractivity contribution in [2.45, 2.75) is 6.92 Å². The van der Waals surface area contributed by atoms with Crippen LogP contribution in [0.2, 0.25) is 0 Å². The third-order valence-corrected chi connectivity index (χ3v) is 5.24. The zero-order valence-electron chi connectivity index (χ0n) is 6.27. The van der Waals surface area contributed by atoms with Crippen molar-refractivity contribution in [1.29, 1.82) is 0 Å². The van der Waals surface area contributed by atoms with E-state index in [4.69, 9.17) is 4.74 Å². The number of hydrogen-bond acceptors (Lipinski definition) is 3. The second-order valence-corrected chi connectivity index (χ2v) is 4.38. The number of alkyl halides is 1. The van der Waals surface area contributed by atoms with Crippen LogP contribution in [0.25, 0.3) is 0 Å². The molecule has 70 valence electrons. The van der Waals surface area contributed by atoms with Crippen molar-refractivity contribution in [2.24, 2.45) is 0 Å². The summed E-state index contributed by atoms with van der Waals surface area (Å²) in [4.78, 5) is 10.8. The van der Waals surface area contributed by atoms with Gasteiger partial charge < -0.3 is 9.47 Å². The summed E-state index contributed by atoms with van der Waals surface area (Å²) in [7, 11) is 0. The standard InChI is InChI=1S/C6H7BrI2O3/c1-2-11-6(10)12-5(7)4(9)3-8/h2-3H2,1H3/b5-4+. The first-order valence-electron chi connectivity index (χ1n) is 3.06. The van der Waals surface area contributed by atoms with Gasteiger partial charge in [0.15, 0.2) is 4.67 Å². The maximum absolute atomic E-state index is 10.8. The summed E-state index contributed by atoms with van der Waals surface area (Å²) in [6.45, 7) is 2.04. The van der Waals surface area contributed by atoms with Crippen LogP contribution >= 0.6 is 61.1 Å². The second-order valence-electron chi connectivity index (χ2n) is 1.60. The molecule has 0 aliphatic carbocycles. The zero-order chi connectivity index (χ0) is 9.56. The van der Waals surface area contributed by atoms with Gasteiger partial charge >= 0.3 is 6.16 Å². The molecule has 0 N–H and O–H groups in total. The highest BCUT2D eigenvalue weighted by Gasteiger charge is 2.07. The molecular weight excluding hydrogens is 454 g/mol. The van der Waals surface area contributed by atoms with E-state index in [0.29, 0.717) is 11.3 Å². The number of rotatable bonds is 3. The predicted molar refractivity (Wildman–Crippen MR) is 67.0 cm³/mol. The topological polar surface area (TPSA) is 35.5 Å². The molecule has 0 heterocycles. The highest BCUT2D eigenvalue weighted by atomic mass is 127. The molecule has 0 unspecified atom stereocenters.